The van der Waals surface area contributed by atoms with Crippen molar-refractivity contribution in [3.63, 3.8) is 0 Å². The summed E-state index contributed by atoms with van der Waals surface area (Å²) in [6, 6.07) is 15.1. The molecule has 1 aromatic heterocycles. The van der Waals surface area contributed by atoms with E-state index < -0.39 is 11.8 Å². The fourth-order valence-electron chi connectivity index (χ4n) is 2.23. The highest BCUT2D eigenvalue weighted by Crippen LogP contribution is 2.28. The second-order valence-corrected chi connectivity index (χ2v) is 4.94. The van der Waals surface area contributed by atoms with E-state index in [-0.39, 0.29) is 28.6 Å². The molecule has 0 fully saturated rings. The summed E-state index contributed by atoms with van der Waals surface area (Å²) in [5.41, 5.74) is 6.22. The lowest BCUT2D eigenvalue weighted by Crippen LogP contribution is -2.08. The van der Waals surface area contributed by atoms with Gasteiger partial charge in [-0.15, -0.1) is 0 Å². The molecule has 0 saturated carbocycles. The predicted molar refractivity (Wildman–Crippen MR) is 88.5 cm³/mol. The van der Waals surface area contributed by atoms with Gasteiger partial charge in [-0.05, 0) is 18.2 Å². The van der Waals surface area contributed by atoms with Crippen LogP contribution >= 0.6 is 0 Å². The summed E-state index contributed by atoms with van der Waals surface area (Å²) in [6.45, 7) is 0. The number of rotatable bonds is 4. The lowest BCUT2D eigenvalue weighted by molar-refractivity contribution is 0.0697. The molecule has 0 aliphatic carbocycles. The van der Waals surface area contributed by atoms with Crippen molar-refractivity contribution in [2.45, 2.75) is 0 Å². The van der Waals surface area contributed by atoms with Crippen LogP contribution in [0.4, 0.5) is 21.8 Å². The highest BCUT2D eigenvalue weighted by Gasteiger charge is 2.19. The Hall–Kier alpha value is -3.48. The molecule has 0 unspecified atom stereocenters. The van der Waals surface area contributed by atoms with Gasteiger partial charge in [0.25, 0.3) is 0 Å². The number of nitrogens with one attached hydrogen (secondary N) is 1. The molecule has 6 nitrogen and oxygen atoms in total. The second kappa shape index (κ2) is 6.33. The van der Waals surface area contributed by atoms with E-state index >= 15 is 0 Å². The Bertz CT molecular complexity index is 900. The van der Waals surface area contributed by atoms with Gasteiger partial charge in [-0.2, -0.15) is 4.98 Å². The average Bonchev–Trinajstić information content (AvgIpc) is 2.59. The number of benzene rings is 2. The van der Waals surface area contributed by atoms with Crippen molar-refractivity contribution in [2.24, 2.45) is 0 Å². The number of nitrogens with two attached hydrogens (primary N) is 1. The van der Waals surface area contributed by atoms with Crippen LogP contribution in [0.15, 0.2) is 54.6 Å². The normalized spacial score (nSPS) is 10.4. The maximum absolute atomic E-state index is 14.4. The molecule has 0 spiro atoms. The second-order valence-electron chi connectivity index (χ2n) is 4.94. The maximum atomic E-state index is 14.4. The highest BCUT2D eigenvalue weighted by atomic mass is 19.1. The van der Waals surface area contributed by atoms with Crippen LogP contribution < -0.4 is 11.1 Å². The maximum Gasteiger partial charge on any atom is 0.336 e. The molecule has 0 radical (unpaired) electrons. The number of nitrogens with zero attached hydrogens (tertiary/aromatic N) is 2. The fourth-order valence-corrected chi connectivity index (χ4v) is 2.23. The van der Waals surface area contributed by atoms with Crippen LogP contribution in [0.2, 0.25) is 0 Å². The van der Waals surface area contributed by atoms with Crippen LogP contribution in [0.5, 0.6) is 0 Å². The number of carbonyl (C=O) groups is 1. The Kier molecular flexibility index (Phi) is 4.07. The van der Waals surface area contributed by atoms with Gasteiger partial charge in [0, 0.05) is 11.3 Å². The van der Waals surface area contributed by atoms with Gasteiger partial charge < -0.3 is 16.2 Å². The zero-order chi connectivity index (χ0) is 17.1. The first-order valence-electron chi connectivity index (χ1n) is 7.04. The van der Waals surface area contributed by atoms with Crippen molar-refractivity contribution in [1.82, 2.24) is 9.97 Å². The number of aromatic nitrogens is 2. The minimum Gasteiger partial charge on any atom is -0.478 e. The largest absolute Gasteiger partial charge is 0.478 e. The van der Waals surface area contributed by atoms with Gasteiger partial charge in [-0.1, -0.05) is 36.4 Å². The Labute approximate surface area is 136 Å². The molecular formula is C17H13FN4O2. The van der Waals surface area contributed by atoms with Gasteiger partial charge in [0.2, 0.25) is 5.95 Å². The summed E-state index contributed by atoms with van der Waals surface area (Å²) in [7, 11) is 0. The van der Waals surface area contributed by atoms with Crippen LogP contribution in [0.1, 0.15) is 10.4 Å². The number of para-hydroxylation sites is 1. The van der Waals surface area contributed by atoms with Gasteiger partial charge in [0.15, 0.2) is 11.6 Å². The first-order chi connectivity index (χ1) is 11.6. The van der Waals surface area contributed by atoms with E-state index in [1.165, 1.54) is 12.1 Å². The molecule has 0 bridgehead atoms. The molecule has 0 saturated heterocycles. The lowest BCUT2D eigenvalue weighted by Gasteiger charge is -2.11. The van der Waals surface area contributed by atoms with E-state index in [1.54, 1.807) is 24.3 Å². The molecule has 120 valence electrons. The number of aromatic carboxylic acids is 1. The van der Waals surface area contributed by atoms with Gasteiger partial charge in [-0.3, -0.25) is 0 Å². The topological polar surface area (TPSA) is 101 Å². The Morgan fingerprint density at radius 3 is 2.42 bits per heavy atom. The van der Waals surface area contributed by atoms with Crippen molar-refractivity contribution >= 4 is 23.4 Å². The molecule has 3 aromatic rings. The van der Waals surface area contributed by atoms with Gasteiger partial charge in [0.1, 0.15) is 5.69 Å². The number of nitrogen functional groups attached to an aromatic ring is 1. The van der Waals surface area contributed by atoms with Gasteiger partial charge in [-0.25, -0.2) is 14.2 Å². The van der Waals surface area contributed by atoms with E-state index in [2.05, 4.69) is 15.3 Å². The van der Waals surface area contributed by atoms with E-state index in [4.69, 9.17) is 5.73 Å². The SMILES string of the molecule is Nc1nc(Nc2ccccc2)nc(-c2ccccc2C(=O)O)c1F. The fraction of sp³-hybridized carbons (Fsp3) is 0. The number of halogens is 1. The summed E-state index contributed by atoms with van der Waals surface area (Å²) < 4.78 is 14.4. The molecule has 0 aliphatic heterocycles. The first kappa shape index (κ1) is 15.4. The molecule has 0 amide bonds. The van der Waals surface area contributed by atoms with Crippen molar-refractivity contribution < 1.29 is 14.3 Å². The van der Waals surface area contributed by atoms with E-state index in [9.17, 15) is 14.3 Å². The zero-order valence-electron chi connectivity index (χ0n) is 12.4. The summed E-state index contributed by atoms with van der Waals surface area (Å²) in [5, 5.41) is 12.2. The summed E-state index contributed by atoms with van der Waals surface area (Å²) in [6.07, 6.45) is 0. The van der Waals surface area contributed by atoms with Crippen molar-refractivity contribution in [1.29, 1.82) is 0 Å². The van der Waals surface area contributed by atoms with E-state index in [1.807, 2.05) is 18.2 Å². The molecular weight excluding hydrogens is 311 g/mol. The van der Waals surface area contributed by atoms with E-state index in [0.29, 0.717) is 5.69 Å². The van der Waals surface area contributed by atoms with Crippen molar-refractivity contribution in [2.75, 3.05) is 11.1 Å². The summed E-state index contributed by atoms with van der Waals surface area (Å²) >= 11 is 0. The standard InChI is InChI=1S/C17H13FN4O2/c18-13-14(11-8-4-5-9-12(11)16(23)24)21-17(22-15(13)19)20-10-6-2-1-3-7-10/h1-9H,(H,23,24)(H3,19,20,21,22). The van der Waals surface area contributed by atoms with Crippen LogP contribution in [0.3, 0.4) is 0 Å². The number of anilines is 3. The third kappa shape index (κ3) is 3.00. The number of hydrogen-bond donors (Lipinski definition) is 3. The molecule has 4 N–H and O–H groups in total. The molecule has 0 aliphatic rings. The van der Waals surface area contributed by atoms with Crippen molar-refractivity contribution in [3.8, 4) is 11.3 Å². The smallest absolute Gasteiger partial charge is 0.336 e. The highest BCUT2D eigenvalue weighted by molar-refractivity contribution is 5.95. The molecule has 24 heavy (non-hydrogen) atoms. The van der Waals surface area contributed by atoms with Crippen molar-refractivity contribution in [3.05, 3.63) is 66.0 Å². The van der Waals surface area contributed by atoms with Crippen LogP contribution in [-0.4, -0.2) is 21.0 Å². The van der Waals surface area contributed by atoms with Crippen LogP contribution in [-0.2, 0) is 0 Å². The minimum atomic E-state index is -1.18. The number of carboxylic acid groups (broad SMARTS) is 1. The van der Waals surface area contributed by atoms with Gasteiger partial charge >= 0.3 is 5.97 Å². The minimum absolute atomic E-state index is 0.0693. The van der Waals surface area contributed by atoms with E-state index in [0.717, 1.165) is 0 Å². The number of carboxylic acids is 1. The summed E-state index contributed by atoms with van der Waals surface area (Å²) in [5.74, 6) is -2.32. The number of hydrogen-bond acceptors (Lipinski definition) is 5. The zero-order valence-corrected chi connectivity index (χ0v) is 12.4. The molecule has 3 rings (SSSR count). The molecule has 1 heterocycles. The van der Waals surface area contributed by atoms with Gasteiger partial charge in [0.05, 0.1) is 5.56 Å². The first-order valence-corrected chi connectivity index (χ1v) is 7.04. The van der Waals surface area contributed by atoms with Crippen LogP contribution in [0, 0.1) is 5.82 Å². The predicted octanol–water partition coefficient (Wildman–Crippen LogP) is 3.31. The van der Waals surface area contributed by atoms with Crippen LogP contribution in [0.25, 0.3) is 11.3 Å². The molecule has 2 aromatic carbocycles. The third-order valence-corrected chi connectivity index (χ3v) is 3.32. The quantitative estimate of drug-likeness (QED) is 0.680. The average molecular weight is 324 g/mol. The third-order valence-electron chi connectivity index (χ3n) is 3.32. The Morgan fingerprint density at radius 2 is 1.71 bits per heavy atom. The monoisotopic (exact) mass is 324 g/mol. The summed E-state index contributed by atoms with van der Waals surface area (Å²) in [4.78, 5) is 19.3. The Morgan fingerprint density at radius 1 is 1.04 bits per heavy atom. The lowest BCUT2D eigenvalue weighted by atomic mass is 10.0. The molecule has 0 atom stereocenters. The Balaban J connectivity index is 2.10. The molecule has 7 heteroatoms.